The van der Waals surface area contributed by atoms with Crippen LogP contribution in [0.5, 0.6) is 0 Å². The maximum Gasteiger partial charge on any atom is 0.136 e. The zero-order valence-electron chi connectivity index (χ0n) is 11.7. The van der Waals surface area contributed by atoms with Gasteiger partial charge in [0, 0.05) is 19.7 Å². The lowest BCUT2D eigenvalue weighted by atomic mass is 10.2. The lowest BCUT2D eigenvalue weighted by Crippen LogP contribution is -2.47. The summed E-state index contributed by atoms with van der Waals surface area (Å²) >= 11 is 0. The molecule has 5 heteroatoms. The van der Waals surface area contributed by atoms with Crippen LogP contribution in [0.25, 0.3) is 0 Å². The molecule has 0 aliphatic carbocycles. The van der Waals surface area contributed by atoms with Crippen LogP contribution in [0.4, 0.5) is 0 Å². The first kappa shape index (κ1) is 17.8. The van der Waals surface area contributed by atoms with Crippen molar-refractivity contribution in [2.45, 2.75) is 51.9 Å². The Morgan fingerprint density at radius 1 is 1.06 bits per heavy atom. The van der Waals surface area contributed by atoms with E-state index in [9.17, 15) is 5.11 Å². The number of aliphatic hydroxyl groups excluding tert-OH is 3. The van der Waals surface area contributed by atoms with E-state index in [2.05, 4.69) is 6.92 Å². The van der Waals surface area contributed by atoms with Crippen LogP contribution in [0.15, 0.2) is 0 Å². The molecule has 0 aromatic rings. The van der Waals surface area contributed by atoms with Crippen LogP contribution in [0, 0.1) is 0 Å². The van der Waals surface area contributed by atoms with E-state index in [1.165, 1.54) is 12.8 Å². The summed E-state index contributed by atoms with van der Waals surface area (Å²) in [6, 6.07) is 0. The highest BCUT2D eigenvalue weighted by molar-refractivity contribution is 4.68. The molecule has 0 saturated carbocycles. The number of ether oxygens (including phenoxy) is 1. The van der Waals surface area contributed by atoms with Gasteiger partial charge in [0.1, 0.15) is 6.23 Å². The molecular weight excluding hydrogens is 234 g/mol. The first-order chi connectivity index (χ1) is 8.67. The van der Waals surface area contributed by atoms with E-state index >= 15 is 0 Å². The number of nitrogens with zero attached hydrogens (tertiary/aromatic N) is 1. The van der Waals surface area contributed by atoms with Gasteiger partial charge in [-0.1, -0.05) is 26.2 Å². The van der Waals surface area contributed by atoms with Gasteiger partial charge in [-0.25, -0.2) is 0 Å². The summed E-state index contributed by atoms with van der Waals surface area (Å²) < 4.78 is 5.67. The zero-order valence-corrected chi connectivity index (χ0v) is 11.7. The maximum atomic E-state index is 9.71. The third-order valence-corrected chi connectivity index (χ3v) is 2.83. The molecule has 0 aliphatic rings. The second kappa shape index (κ2) is 11.9. The van der Waals surface area contributed by atoms with Crippen molar-refractivity contribution in [2.24, 2.45) is 0 Å². The summed E-state index contributed by atoms with van der Waals surface area (Å²) in [5, 5.41) is 27.7. The molecule has 0 aliphatic heterocycles. The van der Waals surface area contributed by atoms with Crippen LogP contribution in [-0.2, 0) is 4.74 Å². The molecular formula is C13H29NO4. The minimum absolute atomic E-state index is 0.0115. The summed E-state index contributed by atoms with van der Waals surface area (Å²) in [4.78, 5) is 1.77. The minimum Gasteiger partial charge on any atom is -0.395 e. The highest BCUT2D eigenvalue weighted by Crippen LogP contribution is 2.08. The van der Waals surface area contributed by atoms with Crippen molar-refractivity contribution < 1.29 is 20.1 Å². The molecule has 0 rings (SSSR count). The smallest absolute Gasteiger partial charge is 0.136 e. The van der Waals surface area contributed by atoms with Gasteiger partial charge < -0.3 is 20.1 Å². The Hall–Kier alpha value is -0.200. The molecule has 110 valence electrons. The fourth-order valence-electron chi connectivity index (χ4n) is 1.91. The van der Waals surface area contributed by atoms with Crippen LogP contribution in [0.3, 0.4) is 0 Å². The van der Waals surface area contributed by atoms with Crippen molar-refractivity contribution in [2.75, 3.05) is 32.9 Å². The van der Waals surface area contributed by atoms with Crippen LogP contribution < -0.4 is 0 Å². The number of aliphatic hydroxyl groups is 3. The summed E-state index contributed by atoms with van der Waals surface area (Å²) in [6.45, 7) is 5.19. The maximum absolute atomic E-state index is 9.71. The standard InChI is InChI=1S/C13H29NO4/c1-3-4-5-6-11-18-13(12(2)17)14(7-9-15)8-10-16/h12-13,15-17H,3-11H2,1-2H3. The molecule has 18 heavy (non-hydrogen) atoms. The Morgan fingerprint density at radius 2 is 1.67 bits per heavy atom. The van der Waals surface area contributed by atoms with E-state index in [1.807, 2.05) is 0 Å². The Balaban J connectivity index is 4.08. The van der Waals surface area contributed by atoms with Crippen LogP contribution >= 0.6 is 0 Å². The summed E-state index contributed by atoms with van der Waals surface area (Å²) in [7, 11) is 0. The molecule has 2 atom stereocenters. The van der Waals surface area contributed by atoms with E-state index in [4.69, 9.17) is 14.9 Å². The van der Waals surface area contributed by atoms with Crippen LogP contribution in [-0.4, -0.2) is 65.5 Å². The largest absolute Gasteiger partial charge is 0.395 e. The SMILES string of the molecule is CCCCCCOC(C(C)O)N(CCO)CCO. The molecule has 5 nitrogen and oxygen atoms in total. The molecule has 0 spiro atoms. The van der Waals surface area contributed by atoms with Crippen molar-refractivity contribution >= 4 is 0 Å². The number of unbranched alkanes of at least 4 members (excludes halogenated alkanes) is 3. The minimum atomic E-state index is -0.644. The molecule has 2 unspecified atom stereocenters. The number of hydrogen-bond donors (Lipinski definition) is 3. The van der Waals surface area contributed by atoms with E-state index in [-0.39, 0.29) is 13.2 Å². The second-order valence-electron chi connectivity index (χ2n) is 4.55. The van der Waals surface area contributed by atoms with Gasteiger partial charge in [0.05, 0.1) is 19.3 Å². The summed E-state index contributed by atoms with van der Waals surface area (Å²) in [6.07, 6.45) is 3.38. The van der Waals surface area contributed by atoms with Gasteiger partial charge in [-0.3, -0.25) is 4.90 Å². The van der Waals surface area contributed by atoms with E-state index < -0.39 is 12.3 Å². The predicted molar refractivity (Wildman–Crippen MR) is 71.3 cm³/mol. The fourth-order valence-corrected chi connectivity index (χ4v) is 1.91. The quantitative estimate of drug-likeness (QED) is 0.355. The van der Waals surface area contributed by atoms with Gasteiger partial charge >= 0.3 is 0 Å². The Morgan fingerprint density at radius 3 is 2.11 bits per heavy atom. The van der Waals surface area contributed by atoms with E-state index in [0.717, 1.165) is 12.8 Å². The van der Waals surface area contributed by atoms with Crippen molar-refractivity contribution in [1.82, 2.24) is 4.90 Å². The van der Waals surface area contributed by atoms with Crippen molar-refractivity contribution in [3.63, 3.8) is 0 Å². The molecule has 0 amide bonds. The number of rotatable bonds is 12. The van der Waals surface area contributed by atoms with Gasteiger partial charge in [-0.2, -0.15) is 0 Å². The molecule has 0 fully saturated rings. The first-order valence-corrected chi connectivity index (χ1v) is 6.92. The Bertz CT molecular complexity index is 172. The average Bonchev–Trinajstić information content (AvgIpc) is 2.33. The molecule has 3 N–H and O–H groups in total. The highest BCUT2D eigenvalue weighted by atomic mass is 16.5. The lowest BCUT2D eigenvalue weighted by Gasteiger charge is -2.32. The van der Waals surface area contributed by atoms with E-state index in [0.29, 0.717) is 19.7 Å². The Kier molecular flexibility index (Phi) is 11.7. The van der Waals surface area contributed by atoms with Crippen molar-refractivity contribution in [3.8, 4) is 0 Å². The molecule has 0 aromatic heterocycles. The third kappa shape index (κ3) is 8.00. The zero-order chi connectivity index (χ0) is 13.8. The van der Waals surface area contributed by atoms with E-state index in [1.54, 1.807) is 11.8 Å². The molecule has 0 saturated heterocycles. The third-order valence-electron chi connectivity index (χ3n) is 2.83. The van der Waals surface area contributed by atoms with Gasteiger partial charge in [-0.15, -0.1) is 0 Å². The van der Waals surface area contributed by atoms with Crippen molar-refractivity contribution in [1.29, 1.82) is 0 Å². The van der Waals surface area contributed by atoms with Crippen molar-refractivity contribution in [3.05, 3.63) is 0 Å². The second-order valence-corrected chi connectivity index (χ2v) is 4.55. The number of hydrogen-bond acceptors (Lipinski definition) is 5. The summed E-state index contributed by atoms with van der Waals surface area (Å²) in [5.74, 6) is 0. The summed E-state index contributed by atoms with van der Waals surface area (Å²) in [5.41, 5.74) is 0. The van der Waals surface area contributed by atoms with Gasteiger partial charge in [0.25, 0.3) is 0 Å². The fraction of sp³-hybridized carbons (Fsp3) is 1.00. The predicted octanol–water partition coefficient (Wildman–Crippen LogP) is 0.577. The van der Waals surface area contributed by atoms with Gasteiger partial charge in [0.15, 0.2) is 0 Å². The lowest BCUT2D eigenvalue weighted by molar-refractivity contribution is -0.125. The molecule has 0 aromatic carbocycles. The topological polar surface area (TPSA) is 73.2 Å². The average molecular weight is 263 g/mol. The van der Waals surface area contributed by atoms with Crippen LogP contribution in [0.2, 0.25) is 0 Å². The van der Waals surface area contributed by atoms with Crippen LogP contribution in [0.1, 0.15) is 39.5 Å². The molecule has 0 radical (unpaired) electrons. The van der Waals surface area contributed by atoms with Gasteiger partial charge in [0.2, 0.25) is 0 Å². The first-order valence-electron chi connectivity index (χ1n) is 6.92. The molecule has 0 heterocycles. The van der Waals surface area contributed by atoms with Gasteiger partial charge in [-0.05, 0) is 13.3 Å². The highest BCUT2D eigenvalue weighted by Gasteiger charge is 2.22. The molecule has 0 bridgehead atoms. The normalized spacial score (nSPS) is 15.0. The monoisotopic (exact) mass is 263 g/mol. The Labute approximate surface area is 110 Å².